The molecule has 0 aromatic carbocycles. The predicted molar refractivity (Wildman–Crippen MR) is 84.8 cm³/mol. The summed E-state index contributed by atoms with van der Waals surface area (Å²) in [6.45, 7) is 2.20. The SMILES string of the molecule is CCCC[C@H](N)C(=O)N(C)CC(=O)N(C)C1CCCCC1. The lowest BCUT2D eigenvalue weighted by Gasteiger charge is -2.32. The molecule has 1 fully saturated rings. The molecule has 0 spiro atoms. The Labute approximate surface area is 128 Å². The van der Waals surface area contributed by atoms with Gasteiger partial charge in [-0.3, -0.25) is 9.59 Å². The van der Waals surface area contributed by atoms with Gasteiger partial charge in [0.15, 0.2) is 0 Å². The molecule has 1 saturated carbocycles. The average Bonchev–Trinajstić information content (AvgIpc) is 2.51. The fraction of sp³-hybridized carbons (Fsp3) is 0.875. The second-order valence-corrected chi connectivity index (χ2v) is 6.24. The molecule has 0 saturated heterocycles. The van der Waals surface area contributed by atoms with E-state index in [4.69, 9.17) is 5.73 Å². The molecule has 1 aliphatic carbocycles. The molecular formula is C16H31N3O2. The van der Waals surface area contributed by atoms with Crippen molar-refractivity contribution in [2.45, 2.75) is 70.4 Å². The highest BCUT2D eigenvalue weighted by molar-refractivity contribution is 5.87. The lowest BCUT2D eigenvalue weighted by atomic mass is 9.94. The molecule has 0 aromatic heterocycles. The van der Waals surface area contributed by atoms with Crippen molar-refractivity contribution in [3.63, 3.8) is 0 Å². The highest BCUT2D eigenvalue weighted by Gasteiger charge is 2.25. The van der Waals surface area contributed by atoms with Gasteiger partial charge in [-0.1, -0.05) is 39.0 Å². The summed E-state index contributed by atoms with van der Waals surface area (Å²) < 4.78 is 0. The van der Waals surface area contributed by atoms with Crippen LogP contribution in [0.4, 0.5) is 0 Å². The van der Waals surface area contributed by atoms with Gasteiger partial charge in [-0.2, -0.15) is 0 Å². The third-order valence-electron chi connectivity index (χ3n) is 4.45. The van der Waals surface area contributed by atoms with E-state index >= 15 is 0 Å². The van der Waals surface area contributed by atoms with Gasteiger partial charge in [0.05, 0.1) is 12.6 Å². The van der Waals surface area contributed by atoms with Crippen molar-refractivity contribution >= 4 is 11.8 Å². The van der Waals surface area contributed by atoms with Gasteiger partial charge < -0.3 is 15.5 Å². The molecule has 2 amide bonds. The molecule has 5 heteroatoms. The van der Waals surface area contributed by atoms with E-state index in [0.29, 0.717) is 12.5 Å². The smallest absolute Gasteiger partial charge is 0.242 e. The molecule has 1 atom stereocenters. The highest BCUT2D eigenvalue weighted by atomic mass is 16.2. The average molecular weight is 297 g/mol. The zero-order valence-corrected chi connectivity index (χ0v) is 13.8. The topological polar surface area (TPSA) is 66.6 Å². The predicted octanol–water partition coefficient (Wildman–Crippen LogP) is 1.75. The molecule has 2 N–H and O–H groups in total. The van der Waals surface area contributed by atoms with Crippen LogP contribution in [0.1, 0.15) is 58.3 Å². The number of carbonyl (C=O) groups is 2. The maximum absolute atomic E-state index is 12.3. The van der Waals surface area contributed by atoms with Gasteiger partial charge in [0.25, 0.3) is 0 Å². The van der Waals surface area contributed by atoms with Crippen LogP contribution in [0.3, 0.4) is 0 Å². The Balaban J connectivity index is 2.43. The molecule has 122 valence electrons. The minimum Gasteiger partial charge on any atom is -0.341 e. The first-order chi connectivity index (χ1) is 9.97. The number of unbranched alkanes of at least 4 members (excludes halogenated alkanes) is 1. The Bertz CT molecular complexity index is 340. The third-order valence-corrected chi connectivity index (χ3v) is 4.45. The quantitative estimate of drug-likeness (QED) is 0.778. The van der Waals surface area contributed by atoms with E-state index in [2.05, 4.69) is 6.92 Å². The van der Waals surface area contributed by atoms with Crippen LogP contribution >= 0.6 is 0 Å². The molecule has 1 aliphatic rings. The summed E-state index contributed by atoms with van der Waals surface area (Å²) in [7, 11) is 3.52. The van der Waals surface area contributed by atoms with Crippen molar-refractivity contribution in [2.75, 3.05) is 20.6 Å². The van der Waals surface area contributed by atoms with Crippen molar-refractivity contribution in [3.05, 3.63) is 0 Å². The summed E-state index contributed by atoms with van der Waals surface area (Å²) in [5, 5.41) is 0. The van der Waals surface area contributed by atoms with Crippen LogP contribution in [-0.2, 0) is 9.59 Å². The minimum atomic E-state index is -0.484. The third kappa shape index (κ3) is 5.65. The normalized spacial score (nSPS) is 17.3. The van der Waals surface area contributed by atoms with Crippen LogP contribution in [0.25, 0.3) is 0 Å². The number of nitrogens with two attached hydrogens (primary N) is 1. The summed E-state index contributed by atoms with van der Waals surface area (Å²) in [6.07, 6.45) is 8.46. The van der Waals surface area contributed by atoms with Crippen molar-refractivity contribution in [3.8, 4) is 0 Å². The summed E-state index contributed by atoms with van der Waals surface area (Å²) in [5.74, 6) is -0.116. The van der Waals surface area contributed by atoms with Crippen molar-refractivity contribution in [1.82, 2.24) is 9.80 Å². The monoisotopic (exact) mass is 297 g/mol. The molecule has 0 bridgehead atoms. The van der Waals surface area contributed by atoms with E-state index in [0.717, 1.165) is 25.7 Å². The maximum Gasteiger partial charge on any atom is 0.242 e. The zero-order valence-electron chi connectivity index (χ0n) is 13.8. The first-order valence-corrected chi connectivity index (χ1v) is 8.23. The molecule has 1 rings (SSSR count). The Morgan fingerprint density at radius 2 is 1.81 bits per heavy atom. The fourth-order valence-electron chi connectivity index (χ4n) is 2.89. The van der Waals surface area contributed by atoms with Crippen LogP contribution in [0.5, 0.6) is 0 Å². The Kier molecular flexibility index (Phi) is 7.72. The Morgan fingerprint density at radius 1 is 1.19 bits per heavy atom. The number of likely N-dealkylation sites (N-methyl/N-ethyl adjacent to an activating group) is 2. The molecule has 21 heavy (non-hydrogen) atoms. The molecule has 0 unspecified atom stereocenters. The van der Waals surface area contributed by atoms with E-state index in [1.54, 1.807) is 7.05 Å². The van der Waals surface area contributed by atoms with Crippen molar-refractivity contribution < 1.29 is 9.59 Å². The maximum atomic E-state index is 12.3. The number of hydrogen-bond donors (Lipinski definition) is 1. The number of rotatable bonds is 7. The number of nitrogens with zero attached hydrogens (tertiary/aromatic N) is 2. The second kappa shape index (κ2) is 9.03. The Hall–Kier alpha value is -1.10. The van der Waals surface area contributed by atoms with Gasteiger partial charge in [-0.05, 0) is 19.3 Å². The van der Waals surface area contributed by atoms with Crippen LogP contribution in [0.15, 0.2) is 0 Å². The van der Waals surface area contributed by atoms with Gasteiger partial charge in [0.2, 0.25) is 11.8 Å². The van der Waals surface area contributed by atoms with Crippen LogP contribution in [0, 0.1) is 0 Å². The lowest BCUT2D eigenvalue weighted by Crippen LogP contribution is -2.48. The molecule has 0 heterocycles. The summed E-state index contributed by atoms with van der Waals surface area (Å²) in [6, 6.07) is -0.147. The second-order valence-electron chi connectivity index (χ2n) is 6.24. The first-order valence-electron chi connectivity index (χ1n) is 8.23. The zero-order chi connectivity index (χ0) is 15.8. The first kappa shape index (κ1) is 18.0. The van der Waals surface area contributed by atoms with Gasteiger partial charge in [0, 0.05) is 20.1 Å². The van der Waals surface area contributed by atoms with E-state index < -0.39 is 6.04 Å². The molecule has 0 radical (unpaired) electrons. The highest BCUT2D eigenvalue weighted by Crippen LogP contribution is 2.21. The van der Waals surface area contributed by atoms with Crippen LogP contribution in [0.2, 0.25) is 0 Å². The summed E-state index contributed by atoms with van der Waals surface area (Å²) in [4.78, 5) is 27.7. The molecular weight excluding hydrogens is 266 g/mol. The van der Waals surface area contributed by atoms with Crippen molar-refractivity contribution in [1.29, 1.82) is 0 Å². The molecule has 0 aliphatic heterocycles. The largest absolute Gasteiger partial charge is 0.341 e. The van der Waals surface area contributed by atoms with Crippen LogP contribution in [-0.4, -0.2) is 54.3 Å². The van der Waals surface area contributed by atoms with E-state index in [1.165, 1.54) is 24.2 Å². The molecule has 5 nitrogen and oxygen atoms in total. The van der Waals surface area contributed by atoms with E-state index in [9.17, 15) is 9.59 Å². The fourth-order valence-corrected chi connectivity index (χ4v) is 2.89. The number of carbonyl (C=O) groups excluding carboxylic acids is 2. The Morgan fingerprint density at radius 3 is 2.38 bits per heavy atom. The molecule has 0 aromatic rings. The number of hydrogen-bond acceptors (Lipinski definition) is 3. The lowest BCUT2D eigenvalue weighted by molar-refractivity contribution is -0.140. The summed E-state index contributed by atoms with van der Waals surface area (Å²) >= 11 is 0. The minimum absolute atomic E-state index is 0.0143. The van der Waals surface area contributed by atoms with E-state index in [-0.39, 0.29) is 18.4 Å². The summed E-state index contributed by atoms with van der Waals surface area (Å²) in [5.41, 5.74) is 5.88. The van der Waals surface area contributed by atoms with Gasteiger partial charge in [0.1, 0.15) is 0 Å². The van der Waals surface area contributed by atoms with Crippen LogP contribution < -0.4 is 5.73 Å². The van der Waals surface area contributed by atoms with Gasteiger partial charge in [-0.25, -0.2) is 0 Å². The van der Waals surface area contributed by atoms with Crippen molar-refractivity contribution in [2.24, 2.45) is 5.73 Å². The number of amides is 2. The van der Waals surface area contributed by atoms with E-state index in [1.807, 2.05) is 11.9 Å². The standard InChI is InChI=1S/C16H31N3O2/c1-4-5-11-14(17)16(21)18(2)12-15(20)19(3)13-9-7-6-8-10-13/h13-14H,4-12,17H2,1-3H3/t14-/m0/s1. The van der Waals surface area contributed by atoms with Gasteiger partial charge in [-0.15, -0.1) is 0 Å². The van der Waals surface area contributed by atoms with Gasteiger partial charge >= 0.3 is 0 Å².